The lowest BCUT2D eigenvalue weighted by Gasteiger charge is -2.24. The normalized spacial score (nSPS) is 11.3. The second kappa shape index (κ2) is 7.17. The minimum atomic E-state index is -3.90. The Labute approximate surface area is 152 Å². The van der Waals surface area contributed by atoms with E-state index in [-0.39, 0.29) is 17.2 Å². The molecule has 0 saturated carbocycles. The summed E-state index contributed by atoms with van der Waals surface area (Å²) in [7, 11) is -2.37. The molecule has 0 atom stereocenters. The van der Waals surface area contributed by atoms with Crippen LogP contribution in [0.2, 0.25) is 0 Å². The predicted molar refractivity (Wildman–Crippen MR) is 96.6 cm³/mol. The van der Waals surface area contributed by atoms with Crippen LogP contribution in [0.3, 0.4) is 0 Å². The van der Waals surface area contributed by atoms with Gasteiger partial charge in [-0.05, 0) is 37.6 Å². The highest BCUT2D eigenvalue weighted by Crippen LogP contribution is 2.31. The number of methoxy groups -OCH3 is 1. The second-order valence-electron chi connectivity index (χ2n) is 5.73. The van der Waals surface area contributed by atoms with Gasteiger partial charge in [-0.15, -0.1) is 0 Å². The molecule has 1 aromatic carbocycles. The van der Waals surface area contributed by atoms with Crippen molar-refractivity contribution in [3.05, 3.63) is 65.8 Å². The van der Waals surface area contributed by atoms with Gasteiger partial charge in [0.25, 0.3) is 10.0 Å². The molecule has 0 radical (unpaired) electrons. The number of aryl methyl sites for hydroxylation is 2. The van der Waals surface area contributed by atoms with Crippen molar-refractivity contribution in [3.8, 4) is 5.75 Å². The van der Waals surface area contributed by atoms with Crippen LogP contribution in [0, 0.1) is 13.8 Å². The first-order chi connectivity index (χ1) is 12.4. The van der Waals surface area contributed by atoms with Crippen molar-refractivity contribution in [2.45, 2.75) is 25.3 Å². The molecule has 8 heteroatoms. The van der Waals surface area contributed by atoms with Gasteiger partial charge in [-0.3, -0.25) is 9.29 Å². The number of pyridine rings is 1. The molecule has 26 heavy (non-hydrogen) atoms. The van der Waals surface area contributed by atoms with Crippen LogP contribution in [0.5, 0.6) is 5.75 Å². The molecule has 0 N–H and O–H groups in total. The van der Waals surface area contributed by atoms with Crippen LogP contribution in [0.25, 0.3) is 0 Å². The molecule has 0 aliphatic heterocycles. The summed E-state index contributed by atoms with van der Waals surface area (Å²) in [6, 6.07) is 10.5. The molecular formula is C18H19N3O4S. The molecule has 2 aromatic heterocycles. The van der Waals surface area contributed by atoms with E-state index in [9.17, 15) is 8.42 Å². The van der Waals surface area contributed by atoms with Crippen LogP contribution >= 0.6 is 0 Å². The average Bonchev–Trinajstić information content (AvgIpc) is 2.99. The number of rotatable bonds is 6. The van der Waals surface area contributed by atoms with E-state index in [2.05, 4.69) is 10.1 Å². The van der Waals surface area contributed by atoms with Crippen molar-refractivity contribution < 1.29 is 17.7 Å². The van der Waals surface area contributed by atoms with E-state index in [1.807, 2.05) is 6.07 Å². The highest BCUT2D eigenvalue weighted by atomic mass is 32.2. The Bertz CT molecular complexity index is 981. The highest BCUT2D eigenvalue weighted by Gasteiger charge is 2.31. The minimum Gasteiger partial charge on any atom is -0.497 e. The summed E-state index contributed by atoms with van der Waals surface area (Å²) < 4.78 is 38.4. The summed E-state index contributed by atoms with van der Waals surface area (Å²) in [5.41, 5.74) is 1.56. The standard InChI is InChI=1S/C18H19N3O4S/c1-13-18(14(2)25-20-13)26(22,23)21(12-15-6-5-9-19-11-15)16-7-4-8-17(10-16)24-3/h4-11H,12H2,1-3H3. The monoisotopic (exact) mass is 373 g/mol. The molecular weight excluding hydrogens is 354 g/mol. The van der Waals surface area contributed by atoms with Crippen LogP contribution in [0.15, 0.2) is 58.2 Å². The largest absolute Gasteiger partial charge is 0.497 e. The van der Waals surface area contributed by atoms with E-state index >= 15 is 0 Å². The quantitative estimate of drug-likeness (QED) is 0.660. The first kappa shape index (κ1) is 17.9. The zero-order valence-electron chi connectivity index (χ0n) is 14.7. The molecule has 136 valence electrons. The zero-order valence-corrected chi connectivity index (χ0v) is 15.5. The fourth-order valence-corrected chi connectivity index (χ4v) is 4.43. The Morgan fingerprint density at radius 2 is 2.00 bits per heavy atom. The van der Waals surface area contributed by atoms with Crippen LogP contribution in [0.1, 0.15) is 17.0 Å². The Kier molecular flexibility index (Phi) is 4.94. The first-order valence-corrected chi connectivity index (χ1v) is 9.36. The van der Waals surface area contributed by atoms with Crippen LogP contribution in [-0.4, -0.2) is 25.7 Å². The molecule has 3 rings (SSSR count). The second-order valence-corrected chi connectivity index (χ2v) is 7.53. The summed E-state index contributed by atoms with van der Waals surface area (Å²) in [5.74, 6) is 0.814. The molecule has 2 heterocycles. The summed E-state index contributed by atoms with van der Waals surface area (Å²) in [6.45, 7) is 3.31. The number of nitrogens with zero attached hydrogens (tertiary/aromatic N) is 3. The maximum Gasteiger partial charge on any atom is 0.270 e. The molecule has 0 amide bonds. The third-order valence-electron chi connectivity index (χ3n) is 3.91. The van der Waals surface area contributed by atoms with E-state index in [1.165, 1.54) is 11.4 Å². The van der Waals surface area contributed by atoms with Gasteiger partial charge in [0.05, 0.1) is 19.3 Å². The smallest absolute Gasteiger partial charge is 0.270 e. The Morgan fingerprint density at radius 3 is 2.62 bits per heavy atom. The number of anilines is 1. The first-order valence-electron chi connectivity index (χ1n) is 7.92. The summed E-state index contributed by atoms with van der Waals surface area (Å²) in [6.07, 6.45) is 3.28. The van der Waals surface area contributed by atoms with Crippen molar-refractivity contribution in [2.24, 2.45) is 0 Å². The lowest BCUT2D eigenvalue weighted by Crippen LogP contribution is -2.31. The van der Waals surface area contributed by atoms with Gasteiger partial charge in [0.2, 0.25) is 0 Å². The lowest BCUT2D eigenvalue weighted by atomic mass is 10.2. The van der Waals surface area contributed by atoms with Gasteiger partial charge in [0, 0.05) is 18.5 Å². The Morgan fingerprint density at radius 1 is 1.19 bits per heavy atom. The van der Waals surface area contributed by atoms with Gasteiger partial charge in [-0.2, -0.15) is 0 Å². The number of hydrogen-bond donors (Lipinski definition) is 0. The van der Waals surface area contributed by atoms with Gasteiger partial charge in [0.1, 0.15) is 11.4 Å². The molecule has 0 saturated heterocycles. The Balaban J connectivity index is 2.14. The predicted octanol–water partition coefficient (Wildman–Crippen LogP) is 3.09. The molecule has 0 spiro atoms. The SMILES string of the molecule is COc1cccc(N(Cc2cccnc2)S(=O)(=O)c2c(C)noc2C)c1. The van der Waals surface area contributed by atoms with E-state index in [1.54, 1.807) is 56.6 Å². The van der Waals surface area contributed by atoms with Gasteiger partial charge in [-0.1, -0.05) is 17.3 Å². The number of hydrogen-bond acceptors (Lipinski definition) is 6. The van der Waals surface area contributed by atoms with Gasteiger partial charge in [-0.25, -0.2) is 8.42 Å². The zero-order chi connectivity index (χ0) is 18.7. The van der Waals surface area contributed by atoms with Gasteiger partial charge in [0.15, 0.2) is 10.7 Å². The molecule has 0 aliphatic carbocycles. The third-order valence-corrected chi connectivity index (χ3v) is 5.93. The molecule has 3 aromatic rings. The van der Waals surface area contributed by atoms with E-state index in [4.69, 9.17) is 9.26 Å². The molecule has 0 bridgehead atoms. The third kappa shape index (κ3) is 3.41. The van der Waals surface area contributed by atoms with E-state index < -0.39 is 10.0 Å². The number of sulfonamides is 1. The molecule has 0 fully saturated rings. The maximum atomic E-state index is 13.4. The van der Waals surface area contributed by atoms with Crippen molar-refractivity contribution in [1.82, 2.24) is 10.1 Å². The fourth-order valence-electron chi connectivity index (χ4n) is 2.69. The summed E-state index contributed by atoms with van der Waals surface area (Å²) in [5, 5.41) is 3.78. The van der Waals surface area contributed by atoms with Crippen LogP contribution in [0.4, 0.5) is 5.69 Å². The molecule has 0 aliphatic rings. The average molecular weight is 373 g/mol. The molecule has 7 nitrogen and oxygen atoms in total. The Hall–Kier alpha value is -2.87. The van der Waals surface area contributed by atoms with Gasteiger partial charge >= 0.3 is 0 Å². The van der Waals surface area contributed by atoms with E-state index in [0.29, 0.717) is 17.1 Å². The maximum absolute atomic E-state index is 13.4. The molecule has 0 unspecified atom stereocenters. The van der Waals surface area contributed by atoms with Crippen LogP contribution < -0.4 is 9.04 Å². The van der Waals surface area contributed by atoms with Crippen molar-refractivity contribution in [3.63, 3.8) is 0 Å². The minimum absolute atomic E-state index is 0.0733. The van der Waals surface area contributed by atoms with Gasteiger partial charge < -0.3 is 9.26 Å². The number of benzene rings is 1. The van der Waals surface area contributed by atoms with Crippen LogP contribution in [-0.2, 0) is 16.6 Å². The van der Waals surface area contributed by atoms with Crippen molar-refractivity contribution in [2.75, 3.05) is 11.4 Å². The van der Waals surface area contributed by atoms with Crippen molar-refractivity contribution >= 4 is 15.7 Å². The number of aromatic nitrogens is 2. The topological polar surface area (TPSA) is 85.5 Å². The highest BCUT2D eigenvalue weighted by molar-refractivity contribution is 7.92. The van der Waals surface area contributed by atoms with E-state index in [0.717, 1.165) is 5.56 Å². The fraction of sp³-hybridized carbons (Fsp3) is 0.222. The van der Waals surface area contributed by atoms with Crippen molar-refractivity contribution in [1.29, 1.82) is 0 Å². The summed E-state index contributed by atoms with van der Waals surface area (Å²) >= 11 is 0. The lowest BCUT2D eigenvalue weighted by molar-refractivity contribution is 0.390. The number of ether oxygens (including phenoxy) is 1. The summed E-state index contributed by atoms with van der Waals surface area (Å²) in [4.78, 5) is 4.14.